The first-order valence-corrected chi connectivity index (χ1v) is 6.41. The van der Waals surface area contributed by atoms with E-state index in [2.05, 4.69) is 0 Å². The molecule has 0 fully saturated rings. The Labute approximate surface area is 96.3 Å². The van der Waals surface area contributed by atoms with Crippen LogP contribution in [0.3, 0.4) is 0 Å². The van der Waals surface area contributed by atoms with Crippen LogP contribution in [0.25, 0.3) is 0 Å². The molecule has 0 amide bonds. The number of unbranched alkanes of at least 4 members (excludes halogenated alkanes) is 1. The van der Waals surface area contributed by atoms with Crippen LogP contribution in [0.2, 0.25) is 0 Å². The van der Waals surface area contributed by atoms with Gasteiger partial charge in [-0.05, 0) is 32.4 Å². The van der Waals surface area contributed by atoms with Crippen molar-refractivity contribution in [2.45, 2.75) is 45.3 Å². The number of hydrogen-bond donors (Lipinski definition) is 2. The van der Waals surface area contributed by atoms with E-state index in [4.69, 9.17) is 10.2 Å². The number of carboxylic acid groups (broad SMARTS) is 1. The third-order valence-electron chi connectivity index (χ3n) is 2.43. The lowest BCUT2D eigenvalue weighted by molar-refractivity contribution is -0.147. The molecule has 0 radical (unpaired) electrons. The van der Waals surface area contributed by atoms with Gasteiger partial charge in [-0.2, -0.15) is 11.8 Å². The number of aliphatic hydroxyl groups is 1. The Bertz CT molecular complexity index is 192. The first-order chi connectivity index (χ1) is 6.90. The lowest BCUT2D eigenvalue weighted by Gasteiger charge is -2.18. The molecular formula is C11H22O3S. The van der Waals surface area contributed by atoms with Gasteiger partial charge in [-0.3, -0.25) is 4.79 Å². The topological polar surface area (TPSA) is 57.5 Å². The number of hydrogen-bond acceptors (Lipinski definition) is 3. The van der Waals surface area contributed by atoms with Crippen molar-refractivity contribution in [2.24, 2.45) is 5.41 Å². The smallest absolute Gasteiger partial charge is 0.309 e. The zero-order chi connectivity index (χ0) is 11.9. The fourth-order valence-corrected chi connectivity index (χ4v) is 1.99. The van der Waals surface area contributed by atoms with Crippen LogP contribution in [0.15, 0.2) is 0 Å². The first-order valence-electron chi connectivity index (χ1n) is 5.36. The van der Waals surface area contributed by atoms with Gasteiger partial charge in [0.15, 0.2) is 0 Å². The summed E-state index contributed by atoms with van der Waals surface area (Å²) >= 11 is 1.74. The van der Waals surface area contributed by atoms with Crippen LogP contribution in [0.1, 0.15) is 40.0 Å². The summed E-state index contributed by atoms with van der Waals surface area (Å²) in [5, 5.41) is 18.0. The fraction of sp³-hybridized carbons (Fsp3) is 0.909. The second kappa shape index (κ2) is 7.12. The molecule has 0 aliphatic heterocycles. The average molecular weight is 234 g/mol. The van der Waals surface area contributed by atoms with Crippen molar-refractivity contribution in [3.8, 4) is 0 Å². The third-order valence-corrected chi connectivity index (χ3v) is 3.68. The summed E-state index contributed by atoms with van der Waals surface area (Å²) in [7, 11) is 0. The van der Waals surface area contributed by atoms with E-state index < -0.39 is 11.4 Å². The zero-order valence-corrected chi connectivity index (χ0v) is 10.6. The average Bonchev–Trinajstić information content (AvgIpc) is 2.16. The maximum atomic E-state index is 10.8. The Hall–Kier alpha value is -0.220. The number of aliphatic hydroxyl groups excluding tert-OH is 1. The molecule has 15 heavy (non-hydrogen) atoms. The molecule has 0 aromatic rings. The van der Waals surface area contributed by atoms with E-state index in [9.17, 15) is 4.79 Å². The van der Waals surface area contributed by atoms with Crippen molar-refractivity contribution >= 4 is 17.7 Å². The monoisotopic (exact) mass is 234 g/mol. The summed E-state index contributed by atoms with van der Waals surface area (Å²) in [4.78, 5) is 10.8. The van der Waals surface area contributed by atoms with E-state index in [0.717, 1.165) is 25.0 Å². The minimum Gasteiger partial charge on any atom is -0.481 e. The summed E-state index contributed by atoms with van der Waals surface area (Å²) < 4.78 is 0. The molecule has 0 spiro atoms. The van der Waals surface area contributed by atoms with Crippen molar-refractivity contribution in [3.05, 3.63) is 0 Å². The van der Waals surface area contributed by atoms with Gasteiger partial charge in [0.1, 0.15) is 0 Å². The van der Waals surface area contributed by atoms with Gasteiger partial charge in [0.25, 0.3) is 0 Å². The van der Waals surface area contributed by atoms with Crippen LogP contribution in [0, 0.1) is 5.41 Å². The van der Waals surface area contributed by atoms with Crippen molar-refractivity contribution in [1.82, 2.24) is 0 Å². The van der Waals surface area contributed by atoms with Gasteiger partial charge in [-0.15, -0.1) is 0 Å². The van der Waals surface area contributed by atoms with E-state index in [1.807, 2.05) is 6.92 Å². The molecule has 0 aromatic heterocycles. The van der Waals surface area contributed by atoms with Gasteiger partial charge in [0.05, 0.1) is 12.0 Å². The molecule has 1 unspecified atom stereocenters. The van der Waals surface area contributed by atoms with Crippen LogP contribution in [0.5, 0.6) is 0 Å². The highest BCUT2D eigenvalue weighted by Gasteiger charge is 2.25. The molecule has 0 aliphatic carbocycles. The molecule has 0 heterocycles. The minimum atomic E-state index is -0.723. The van der Waals surface area contributed by atoms with E-state index >= 15 is 0 Å². The molecule has 2 N–H and O–H groups in total. The Morgan fingerprint density at radius 3 is 2.47 bits per heavy atom. The number of aliphatic carboxylic acids is 1. The number of carboxylic acids is 1. The Morgan fingerprint density at radius 2 is 2.00 bits per heavy atom. The van der Waals surface area contributed by atoms with Gasteiger partial charge in [-0.1, -0.05) is 13.3 Å². The standard InChI is InChI=1S/C11H22O3S/c1-9(8-12)15-7-5-4-6-11(2,3)10(13)14/h9,12H,4-8H2,1-3H3,(H,13,14). The number of thioether (sulfide) groups is 1. The van der Waals surface area contributed by atoms with Crippen LogP contribution >= 0.6 is 11.8 Å². The van der Waals surface area contributed by atoms with Crippen LogP contribution in [-0.4, -0.2) is 33.8 Å². The Balaban J connectivity index is 3.51. The molecular weight excluding hydrogens is 212 g/mol. The highest BCUT2D eigenvalue weighted by molar-refractivity contribution is 7.99. The third kappa shape index (κ3) is 6.79. The van der Waals surface area contributed by atoms with Crippen molar-refractivity contribution in [1.29, 1.82) is 0 Å². The minimum absolute atomic E-state index is 0.214. The largest absolute Gasteiger partial charge is 0.481 e. The Morgan fingerprint density at radius 1 is 1.40 bits per heavy atom. The van der Waals surface area contributed by atoms with Gasteiger partial charge < -0.3 is 10.2 Å². The van der Waals surface area contributed by atoms with E-state index in [0.29, 0.717) is 0 Å². The van der Waals surface area contributed by atoms with Crippen LogP contribution in [0.4, 0.5) is 0 Å². The SMILES string of the molecule is CC(CO)SCCCCC(C)(C)C(=O)O. The summed E-state index contributed by atoms with van der Waals surface area (Å²) in [6.45, 7) is 5.73. The quantitative estimate of drug-likeness (QED) is 0.633. The highest BCUT2D eigenvalue weighted by atomic mass is 32.2. The van der Waals surface area contributed by atoms with E-state index in [1.54, 1.807) is 25.6 Å². The van der Waals surface area contributed by atoms with Crippen molar-refractivity contribution in [3.63, 3.8) is 0 Å². The summed E-state index contributed by atoms with van der Waals surface area (Å²) in [5.41, 5.74) is -0.604. The molecule has 0 rings (SSSR count). The van der Waals surface area contributed by atoms with Crippen molar-refractivity contribution < 1.29 is 15.0 Å². The molecule has 0 aromatic carbocycles. The molecule has 1 atom stereocenters. The maximum absolute atomic E-state index is 10.8. The van der Waals surface area contributed by atoms with Gasteiger partial charge in [0.2, 0.25) is 0 Å². The summed E-state index contributed by atoms with van der Waals surface area (Å²) in [6.07, 6.45) is 2.67. The zero-order valence-electron chi connectivity index (χ0n) is 9.82. The predicted octanol–water partition coefficient (Wildman–Crippen LogP) is 2.38. The second-order valence-electron chi connectivity index (χ2n) is 4.51. The highest BCUT2D eigenvalue weighted by Crippen LogP contribution is 2.24. The van der Waals surface area contributed by atoms with Crippen molar-refractivity contribution in [2.75, 3.05) is 12.4 Å². The first kappa shape index (κ1) is 14.8. The van der Waals surface area contributed by atoms with Gasteiger partial charge >= 0.3 is 5.97 Å². The molecule has 3 nitrogen and oxygen atoms in total. The van der Waals surface area contributed by atoms with E-state index in [-0.39, 0.29) is 11.9 Å². The van der Waals surface area contributed by atoms with Crippen LogP contribution in [-0.2, 0) is 4.79 Å². The van der Waals surface area contributed by atoms with E-state index in [1.165, 1.54) is 0 Å². The fourth-order valence-electron chi connectivity index (χ4n) is 1.11. The predicted molar refractivity (Wildman–Crippen MR) is 64.3 cm³/mol. The molecule has 0 aliphatic rings. The summed E-state index contributed by atoms with van der Waals surface area (Å²) in [6, 6.07) is 0. The molecule has 0 bridgehead atoms. The molecule has 90 valence electrons. The van der Waals surface area contributed by atoms with Crippen LogP contribution < -0.4 is 0 Å². The lowest BCUT2D eigenvalue weighted by atomic mass is 9.88. The normalized spacial score (nSPS) is 13.9. The molecule has 0 saturated heterocycles. The number of rotatable bonds is 8. The van der Waals surface area contributed by atoms with Gasteiger partial charge in [0, 0.05) is 5.25 Å². The van der Waals surface area contributed by atoms with Gasteiger partial charge in [-0.25, -0.2) is 0 Å². The number of carbonyl (C=O) groups is 1. The second-order valence-corrected chi connectivity index (χ2v) is 6.06. The molecule has 4 heteroatoms. The molecule has 0 saturated carbocycles. The lowest BCUT2D eigenvalue weighted by Crippen LogP contribution is -2.23. The Kier molecular flexibility index (Phi) is 7.02. The summed E-state index contributed by atoms with van der Waals surface area (Å²) in [5.74, 6) is 0.274. The maximum Gasteiger partial charge on any atom is 0.309 e.